The smallest absolute Gasteiger partial charge is 0.285 e. The van der Waals surface area contributed by atoms with E-state index in [0.29, 0.717) is 6.54 Å². The molecule has 1 heterocycles. The van der Waals surface area contributed by atoms with E-state index in [1.807, 2.05) is 62.4 Å². The van der Waals surface area contributed by atoms with Crippen LogP contribution in [0.2, 0.25) is 0 Å². The second kappa shape index (κ2) is 6.32. The van der Waals surface area contributed by atoms with E-state index in [9.17, 15) is 9.59 Å². The molecule has 0 bridgehead atoms. The van der Waals surface area contributed by atoms with Gasteiger partial charge in [0.1, 0.15) is 5.70 Å². The summed E-state index contributed by atoms with van der Waals surface area (Å²) in [5.74, 6) is -0.326. The molecule has 4 heteroatoms. The topological polar surface area (TPSA) is 40.6 Å². The Morgan fingerprint density at radius 3 is 1.62 bits per heavy atom. The fourth-order valence-corrected chi connectivity index (χ4v) is 2.67. The van der Waals surface area contributed by atoms with Gasteiger partial charge in [0.05, 0.1) is 13.1 Å². The number of aryl methyl sites for hydroxylation is 2. The molecular formula is C20H20N2O2. The van der Waals surface area contributed by atoms with Crippen LogP contribution < -0.4 is 0 Å². The third kappa shape index (κ3) is 3.08. The van der Waals surface area contributed by atoms with Crippen molar-refractivity contribution in [3.05, 3.63) is 83.1 Å². The van der Waals surface area contributed by atoms with Crippen molar-refractivity contribution in [1.29, 1.82) is 0 Å². The Balaban J connectivity index is 1.77. The van der Waals surface area contributed by atoms with Crippen LogP contribution in [0.5, 0.6) is 0 Å². The van der Waals surface area contributed by atoms with Crippen LogP contribution in [0.1, 0.15) is 22.3 Å². The Morgan fingerprint density at radius 2 is 1.17 bits per heavy atom. The number of hydrogen-bond donors (Lipinski definition) is 0. The highest BCUT2D eigenvalue weighted by molar-refractivity contribution is 6.11. The van der Waals surface area contributed by atoms with E-state index in [0.717, 1.165) is 22.3 Å². The number of carbonyl (C=O) groups excluding carboxylic acids is 2. The molecule has 24 heavy (non-hydrogen) atoms. The second-order valence-electron chi connectivity index (χ2n) is 6.18. The van der Waals surface area contributed by atoms with Crippen LogP contribution >= 0.6 is 0 Å². The quantitative estimate of drug-likeness (QED) is 0.635. The number of hydrogen-bond acceptors (Lipinski definition) is 2. The summed E-state index contributed by atoms with van der Waals surface area (Å²) in [6.07, 6.45) is 0. The van der Waals surface area contributed by atoms with Gasteiger partial charge in [0.2, 0.25) is 0 Å². The number of rotatable bonds is 4. The molecule has 1 saturated heterocycles. The van der Waals surface area contributed by atoms with Crippen LogP contribution in [0.3, 0.4) is 0 Å². The Hall–Kier alpha value is -2.88. The molecule has 0 aromatic heterocycles. The molecule has 3 amide bonds. The van der Waals surface area contributed by atoms with Gasteiger partial charge in [-0.2, -0.15) is 0 Å². The van der Waals surface area contributed by atoms with Crippen molar-refractivity contribution in [3.8, 4) is 0 Å². The summed E-state index contributed by atoms with van der Waals surface area (Å²) in [7, 11) is 0. The van der Waals surface area contributed by atoms with Crippen molar-refractivity contribution in [3.63, 3.8) is 0 Å². The molecule has 2 aromatic rings. The molecule has 0 saturated carbocycles. The summed E-state index contributed by atoms with van der Waals surface area (Å²) in [5, 5.41) is 0. The number of carbonyl (C=O) groups is 2. The number of imide groups is 1. The number of nitrogens with zero attached hydrogens (tertiary/aromatic N) is 2. The lowest BCUT2D eigenvalue weighted by molar-refractivity contribution is -0.123. The monoisotopic (exact) mass is 320 g/mol. The maximum absolute atomic E-state index is 12.6. The van der Waals surface area contributed by atoms with Crippen molar-refractivity contribution < 1.29 is 9.59 Å². The van der Waals surface area contributed by atoms with E-state index in [4.69, 9.17) is 0 Å². The van der Waals surface area contributed by atoms with Crippen LogP contribution in [-0.2, 0) is 17.9 Å². The zero-order valence-corrected chi connectivity index (χ0v) is 14.0. The maximum Gasteiger partial charge on any atom is 0.332 e. The summed E-state index contributed by atoms with van der Waals surface area (Å²) in [6, 6.07) is 15.4. The Morgan fingerprint density at radius 1 is 0.750 bits per heavy atom. The number of benzene rings is 2. The Labute approximate surface area is 142 Å². The molecule has 0 atom stereocenters. The first-order valence-electron chi connectivity index (χ1n) is 7.89. The third-order valence-electron chi connectivity index (χ3n) is 4.20. The van der Waals surface area contributed by atoms with Gasteiger partial charge in [-0.15, -0.1) is 0 Å². The van der Waals surface area contributed by atoms with E-state index in [2.05, 4.69) is 6.58 Å². The second-order valence-corrected chi connectivity index (χ2v) is 6.18. The molecule has 4 nitrogen and oxygen atoms in total. The van der Waals surface area contributed by atoms with Crippen LogP contribution in [0.25, 0.3) is 0 Å². The maximum atomic E-state index is 12.6. The lowest BCUT2D eigenvalue weighted by atomic mass is 10.1. The van der Waals surface area contributed by atoms with E-state index in [1.165, 1.54) is 9.80 Å². The molecular weight excluding hydrogens is 300 g/mol. The van der Waals surface area contributed by atoms with E-state index in [-0.39, 0.29) is 24.2 Å². The van der Waals surface area contributed by atoms with Crippen molar-refractivity contribution in [2.24, 2.45) is 0 Å². The SMILES string of the molecule is C=C1C(=O)N(Cc2ccc(C)cc2)C(=O)N1Cc1ccc(C)cc1. The van der Waals surface area contributed by atoms with Gasteiger partial charge in [-0.05, 0) is 25.0 Å². The third-order valence-corrected chi connectivity index (χ3v) is 4.20. The largest absolute Gasteiger partial charge is 0.332 e. The standard InChI is InChI=1S/C20H20N2O2/c1-14-4-8-17(9-5-14)12-21-16(3)19(23)22(20(21)24)13-18-10-6-15(2)7-11-18/h4-11H,3,12-13H2,1-2H3. The molecule has 1 fully saturated rings. The van der Waals surface area contributed by atoms with Crippen LogP contribution in [0.15, 0.2) is 60.8 Å². The van der Waals surface area contributed by atoms with Gasteiger partial charge in [-0.1, -0.05) is 66.2 Å². The zero-order valence-electron chi connectivity index (χ0n) is 14.0. The molecule has 2 aromatic carbocycles. The first-order valence-corrected chi connectivity index (χ1v) is 7.89. The normalized spacial score (nSPS) is 14.7. The summed E-state index contributed by atoms with van der Waals surface area (Å²) >= 11 is 0. The van der Waals surface area contributed by atoms with Crippen molar-refractivity contribution in [2.75, 3.05) is 0 Å². The van der Waals surface area contributed by atoms with Crippen molar-refractivity contribution >= 4 is 11.9 Å². The van der Waals surface area contributed by atoms with E-state index < -0.39 is 0 Å². The molecule has 0 spiro atoms. The predicted octanol–water partition coefficient (Wildman–Crippen LogP) is 3.78. The van der Waals surface area contributed by atoms with Gasteiger partial charge < -0.3 is 0 Å². The minimum absolute atomic E-state index is 0.229. The van der Waals surface area contributed by atoms with Gasteiger partial charge in [0, 0.05) is 0 Å². The molecule has 122 valence electrons. The fraction of sp³-hybridized carbons (Fsp3) is 0.200. The lowest BCUT2D eigenvalue weighted by Gasteiger charge is -2.17. The first kappa shape index (κ1) is 16.0. The first-order chi connectivity index (χ1) is 11.5. The highest BCUT2D eigenvalue weighted by atomic mass is 16.2. The summed E-state index contributed by atoms with van der Waals surface area (Å²) in [6.45, 7) is 8.43. The van der Waals surface area contributed by atoms with Crippen molar-refractivity contribution in [1.82, 2.24) is 9.80 Å². The average molecular weight is 320 g/mol. The van der Waals surface area contributed by atoms with Crippen LogP contribution in [0.4, 0.5) is 4.79 Å². The fourth-order valence-electron chi connectivity index (χ4n) is 2.67. The molecule has 0 N–H and O–H groups in total. The summed E-state index contributed by atoms with van der Waals surface area (Å²) in [5.41, 5.74) is 4.42. The van der Waals surface area contributed by atoms with Crippen molar-refractivity contribution in [2.45, 2.75) is 26.9 Å². The Kier molecular flexibility index (Phi) is 4.21. The zero-order chi connectivity index (χ0) is 17.3. The minimum Gasteiger partial charge on any atom is -0.285 e. The predicted molar refractivity (Wildman–Crippen MR) is 93.0 cm³/mol. The molecule has 0 radical (unpaired) electrons. The van der Waals surface area contributed by atoms with Gasteiger partial charge in [-0.25, -0.2) is 4.79 Å². The average Bonchev–Trinajstić information content (AvgIpc) is 2.76. The Bertz CT molecular complexity index is 724. The number of amides is 3. The molecule has 1 aliphatic rings. The van der Waals surface area contributed by atoms with Crippen LogP contribution in [0, 0.1) is 13.8 Å². The van der Waals surface area contributed by atoms with Gasteiger partial charge in [-0.3, -0.25) is 14.6 Å². The highest BCUT2D eigenvalue weighted by Crippen LogP contribution is 2.24. The van der Waals surface area contributed by atoms with Crippen LogP contribution in [-0.4, -0.2) is 21.7 Å². The highest BCUT2D eigenvalue weighted by Gasteiger charge is 2.39. The van der Waals surface area contributed by atoms with E-state index >= 15 is 0 Å². The molecule has 0 unspecified atom stereocenters. The molecule has 1 aliphatic heterocycles. The van der Waals surface area contributed by atoms with Gasteiger partial charge >= 0.3 is 6.03 Å². The van der Waals surface area contributed by atoms with E-state index in [1.54, 1.807) is 0 Å². The lowest BCUT2D eigenvalue weighted by Crippen LogP contribution is -2.32. The summed E-state index contributed by atoms with van der Waals surface area (Å²) in [4.78, 5) is 27.7. The molecule has 3 rings (SSSR count). The number of urea groups is 1. The minimum atomic E-state index is -0.326. The molecule has 0 aliphatic carbocycles. The van der Waals surface area contributed by atoms with Gasteiger partial charge in [0.15, 0.2) is 0 Å². The summed E-state index contributed by atoms with van der Waals surface area (Å²) < 4.78 is 0. The van der Waals surface area contributed by atoms with Gasteiger partial charge in [0.25, 0.3) is 5.91 Å².